The highest BCUT2D eigenvalue weighted by Gasteiger charge is 2.21. The molecular weight excluding hydrogens is 422 g/mol. The van der Waals surface area contributed by atoms with Gasteiger partial charge >= 0.3 is 6.01 Å². The molecule has 8 nitrogen and oxygen atoms in total. The van der Waals surface area contributed by atoms with E-state index in [0.29, 0.717) is 17.3 Å². The van der Waals surface area contributed by atoms with Crippen molar-refractivity contribution in [1.29, 1.82) is 5.26 Å². The predicted octanol–water partition coefficient (Wildman–Crippen LogP) is 4.10. The van der Waals surface area contributed by atoms with Gasteiger partial charge in [0.1, 0.15) is 23.4 Å². The van der Waals surface area contributed by atoms with Crippen molar-refractivity contribution in [3.05, 3.63) is 65.3 Å². The fourth-order valence-corrected chi connectivity index (χ4v) is 4.74. The summed E-state index contributed by atoms with van der Waals surface area (Å²) in [5, 5.41) is 10.5. The summed E-state index contributed by atoms with van der Waals surface area (Å²) in [5.74, 6) is 0.389. The van der Waals surface area contributed by atoms with Crippen molar-refractivity contribution < 1.29 is 4.74 Å². The molecule has 9 heteroatoms. The lowest BCUT2D eigenvalue weighted by molar-refractivity contribution is 0.279. The Kier molecular flexibility index (Phi) is 5.85. The van der Waals surface area contributed by atoms with Gasteiger partial charge in [0.2, 0.25) is 0 Å². The van der Waals surface area contributed by atoms with Crippen molar-refractivity contribution in [3.8, 4) is 12.1 Å². The van der Waals surface area contributed by atoms with Crippen molar-refractivity contribution in [3.63, 3.8) is 0 Å². The molecule has 4 aromatic rings. The molecule has 1 atom stereocenters. The van der Waals surface area contributed by atoms with Gasteiger partial charge in [0, 0.05) is 31.7 Å². The summed E-state index contributed by atoms with van der Waals surface area (Å²) in [7, 11) is 0. The maximum absolute atomic E-state index is 9.80. The minimum absolute atomic E-state index is 0.238. The number of hydrogen-bond acceptors (Lipinski definition) is 9. The highest BCUT2D eigenvalue weighted by atomic mass is 32.1. The normalized spacial score (nSPS) is 14.8. The van der Waals surface area contributed by atoms with E-state index >= 15 is 0 Å². The molecule has 0 radical (unpaired) electrons. The first kappa shape index (κ1) is 20.3. The van der Waals surface area contributed by atoms with Crippen molar-refractivity contribution >= 4 is 27.4 Å². The Bertz CT molecular complexity index is 1230. The number of piperidine rings is 1. The van der Waals surface area contributed by atoms with E-state index < -0.39 is 5.92 Å². The van der Waals surface area contributed by atoms with Crippen molar-refractivity contribution in [1.82, 2.24) is 24.9 Å². The Morgan fingerprint density at radius 2 is 1.94 bits per heavy atom. The van der Waals surface area contributed by atoms with E-state index in [2.05, 4.69) is 42.0 Å². The number of anilines is 1. The number of pyridine rings is 2. The second-order valence-corrected chi connectivity index (χ2v) is 8.64. The van der Waals surface area contributed by atoms with Gasteiger partial charge in [0.05, 0.1) is 28.2 Å². The van der Waals surface area contributed by atoms with Gasteiger partial charge in [-0.1, -0.05) is 0 Å². The second kappa shape index (κ2) is 9.24. The van der Waals surface area contributed by atoms with Crippen LogP contribution < -0.4 is 9.64 Å². The Hall–Kier alpha value is -3.64. The van der Waals surface area contributed by atoms with Crippen molar-refractivity contribution in [2.75, 3.05) is 18.0 Å². The summed E-state index contributed by atoms with van der Waals surface area (Å²) < 4.78 is 6.85. The molecule has 1 unspecified atom stereocenters. The third-order valence-electron chi connectivity index (χ3n) is 5.39. The van der Waals surface area contributed by atoms with Crippen LogP contribution in [-0.2, 0) is 6.61 Å². The van der Waals surface area contributed by atoms with Crippen LogP contribution in [0.3, 0.4) is 0 Å². The smallest absolute Gasteiger partial charge is 0.316 e. The van der Waals surface area contributed by atoms with Crippen LogP contribution in [0.4, 0.5) is 5.82 Å². The van der Waals surface area contributed by atoms with Crippen LogP contribution in [-0.4, -0.2) is 38.0 Å². The minimum Gasteiger partial charge on any atom is -0.459 e. The Balaban J connectivity index is 1.31. The molecule has 0 aromatic carbocycles. The van der Waals surface area contributed by atoms with Crippen LogP contribution in [0.2, 0.25) is 0 Å². The molecule has 1 fully saturated rings. The maximum atomic E-state index is 9.80. The summed E-state index contributed by atoms with van der Waals surface area (Å²) in [4.78, 5) is 24.2. The van der Waals surface area contributed by atoms with Crippen LogP contribution in [0.25, 0.3) is 10.2 Å². The van der Waals surface area contributed by atoms with Crippen LogP contribution in [0.1, 0.15) is 41.4 Å². The molecule has 0 spiro atoms. The average Bonchev–Trinajstić information content (AvgIpc) is 3.28. The van der Waals surface area contributed by atoms with Gasteiger partial charge < -0.3 is 9.64 Å². The SMILES string of the molecule is N#CC(c1ccnc(OCc2ccnc(N3CCCCC3)c2)n1)c1nc2cnccc2s1. The number of rotatable bonds is 6. The van der Waals surface area contributed by atoms with Gasteiger partial charge in [-0.3, -0.25) is 4.98 Å². The fourth-order valence-electron chi connectivity index (χ4n) is 3.75. The molecule has 4 aromatic heterocycles. The molecule has 1 saturated heterocycles. The summed E-state index contributed by atoms with van der Waals surface area (Å²) in [5.41, 5.74) is 2.35. The number of nitrogens with zero attached hydrogens (tertiary/aromatic N) is 7. The van der Waals surface area contributed by atoms with Gasteiger partial charge in [0.25, 0.3) is 0 Å². The predicted molar refractivity (Wildman–Crippen MR) is 122 cm³/mol. The van der Waals surface area contributed by atoms with E-state index in [9.17, 15) is 5.26 Å². The summed E-state index contributed by atoms with van der Waals surface area (Å²) >= 11 is 1.47. The average molecular weight is 444 g/mol. The number of aromatic nitrogens is 5. The highest BCUT2D eigenvalue weighted by molar-refractivity contribution is 7.18. The largest absolute Gasteiger partial charge is 0.459 e. The van der Waals surface area contributed by atoms with E-state index in [-0.39, 0.29) is 6.01 Å². The van der Waals surface area contributed by atoms with Crippen LogP contribution in [0.15, 0.2) is 49.1 Å². The first-order chi connectivity index (χ1) is 15.8. The zero-order valence-electron chi connectivity index (χ0n) is 17.4. The quantitative estimate of drug-likeness (QED) is 0.439. The van der Waals surface area contributed by atoms with Crippen LogP contribution in [0.5, 0.6) is 6.01 Å². The summed E-state index contributed by atoms with van der Waals surface area (Å²) in [6.07, 6.45) is 10.5. The first-order valence-corrected chi connectivity index (χ1v) is 11.4. The summed E-state index contributed by atoms with van der Waals surface area (Å²) in [6.45, 7) is 2.41. The standard InChI is InChI=1S/C23H21N7OS/c24-13-17(22-28-19-14-25-7-6-20(19)32-22)18-5-9-27-23(29-18)31-15-16-4-8-26-21(12-16)30-10-2-1-3-11-30/h4-9,12,14,17H,1-3,10-11,15H2. The molecule has 0 aliphatic carbocycles. The van der Waals surface area contributed by atoms with E-state index in [1.54, 1.807) is 24.7 Å². The lowest BCUT2D eigenvalue weighted by Gasteiger charge is -2.27. The van der Waals surface area contributed by atoms with Crippen molar-refractivity contribution in [2.45, 2.75) is 31.8 Å². The van der Waals surface area contributed by atoms with Gasteiger partial charge in [-0.05, 0) is 49.1 Å². The number of nitriles is 1. The lowest BCUT2D eigenvalue weighted by Crippen LogP contribution is -2.30. The van der Waals surface area contributed by atoms with Gasteiger partial charge in [-0.15, -0.1) is 11.3 Å². The number of ether oxygens (including phenoxy) is 1. The lowest BCUT2D eigenvalue weighted by atomic mass is 10.1. The molecule has 0 N–H and O–H groups in total. The van der Waals surface area contributed by atoms with E-state index in [1.165, 1.54) is 30.6 Å². The molecule has 1 aliphatic rings. The topological polar surface area (TPSA) is 101 Å². The Morgan fingerprint density at radius 1 is 1.06 bits per heavy atom. The molecule has 0 bridgehead atoms. The Labute approximate surface area is 189 Å². The van der Waals surface area contributed by atoms with E-state index in [0.717, 1.165) is 34.7 Å². The maximum Gasteiger partial charge on any atom is 0.316 e. The number of fused-ring (bicyclic) bond motifs is 1. The Morgan fingerprint density at radius 3 is 2.78 bits per heavy atom. The monoisotopic (exact) mass is 443 g/mol. The van der Waals surface area contributed by atoms with Crippen molar-refractivity contribution in [2.24, 2.45) is 0 Å². The number of thiazole rings is 1. The minimum atomic E-state index is -0.593. The van der Waals surface area contributed by atoms with Gasteiger partial charge in [-0.25, -0.2) is 15.0 Å². The summed E-state index contributed by atoms with van der Waals surface area (Å²) in [6, 6.07) is 10.2. The molecule has 5 rings (SSSR count). The zero-order chi connectivity index (χ0) is 21.8. The number of hydrogen-bond donors (Lipinski definition) is 0. The third kappa shape index (κ3) is 4.36. The van der Waals surface area contributed by atoms with E-state index in [1.807, 2.05) is 18.3 Å². The second-order valence-electron chi connectivity index (χ2n) is 7.58. The van der Waals surface area contributed by atoms with E-state index in [4.69, 9.17) is 4.74 Å². The molecule has 0 saturated carbocycles. The highest BCUT2D eigenvalue weighted by Crippen LogP contribution is 2.30. The molecule has 160 valence electrons. The van der Waals surface area contributed by atoms with Crippen LogP contribution >= 0.6 is 11.3 Å². The van der Waals surface area contributed by atoms with Gasteiger partial charge in [-0.2, -0.15) is 10.2 Å². The zero-order valence-corrected chi connectivity index (χ0v) is 18.2. The molecule has 1 aliphatic heterocycles. The first-order valence-electron chi connectivity index (χ1n) is 10.6. The fraction of sp³-hybridized carbons (Fsp3) is 0.304. The molecule has 0 amide bonds. The molecule has 5 heterocycles. The molecular formula is C23H21N7OS. The van der Waals surface area contributed by atoms with Crippen LogP contribution in [0, 0.1) is 11.3 Å². The third-order valence-corrected chi connectivity index (χ3v) is 6.49. The molecule has 32 heavy (non-hydrogen) atoms. The van der Waals surface area contributed by atoms with Gasteiger partial charge in [0.15, 0.2) is 0 Å².